The molecular weight excluding hydrogens is 138 g/mol. The summed E-state index contributed by atoms with van der Waals surface area (Å²) in [5, 5.41) is 0. The molecule has 0 saturated heterocycles. The fourth-order valence-corrected chi connectivity index (χ4v) is 1.02. The van der Waals surface area contributed by atoms with Crippen molar-refractivity contribution in [3.8, 4) is 0 Å². The van der Waals surface area contributed by atoms with Gasteiger partial charge in [-0.1, -0.05) is 32.6 Å². The second-order valence-electron chi connectivity index (χ2n) is 2.92. The molecule has 0 aromatic rings. The van der Waals surface area contributed by atoms with Crippen molar-refractivity contribution in [1.82, 2.24) is 0 Å². The van der Waals surface area contributed by atoms with Crippen LogP contribution in [-0.4, -0.2) is 12.1 Å². The maximum Gasteiger partial charge on any atom is 0.235 e. The van der Waals surface area contributed by atoms with Crippen molar-refractivity contribution in [1.29, 1.82) is 0 Å². The van der Waals surface area contributed by atoms with Crippen LogP contribution >= 0.6 is 0 Å². The smallest absolute Gasteiger partial charge is 0.211 e. The summed E-state index contributed by atoms with van der Waals surface area (Å²) in [7, 11) is 0. The van der Waals surface area contributed by atoms with Gasteiger partial charge in [0.2, 0.25) is 6.08 Å². The normalized spacial score (nSPS) is 12.2. The molecule has 0 fully saturated rings. The molecule has 0 bridgehead atoms. The van der Waals surface area contributed by atoms with E-state index in [0.717, 1.165) is 6.42 Å². The van der Waals surface area contributed by atoms with E-state index in [4.69, 9.17) is 0 Å². The Hall–Kier alpha value is -0.620. The number of aliphatic imine (C=N–C) groups is 1. The number of carbonyl (C=O) groups excluding carboxylic acids is 1. The summed E-state index contributed by atoms with van der Waals surface area (Å²) in [5.74, 6) is 0. The highest BCUT2D eigenvalue weighted by molar-refractivity contribution is 5.33. The molecule has 0 radical (unpaired) electrons. The largest absolute Gasteiger partial charge is 0.235 e. The molecule has 64 valence electrons. The molecule has 0 heterocycles. The van der Waals surface area contributed by atoms with Crippen molar-refractivity contribution in [2.45, 2.75) is 52.0 Å². The SMILES string of the molecule is CCCCCC[C@H](C)N=C=O. The van der Waals surface area contributed by atoms with Gasteiger partial charge in [0, 0.05) is 0 Å². The molecule has 0 spiro atoms. The maximum absolute atomic E-state index is 9.81. The summed E-state index contributed by atoms with van der Waals surface area (Å²) >= 11 is 0. The quantitative estimate of drug-likeness (QED) is 0.329. The van der Waals surface area contributed by atoms with Crippen LogP contribution in [0.3, 0.4) is 0 Å². The highest BCUT2D eigenvalue weighted by Crippen LogP contribution is 2.06. The first-order valence-corrected chi connectivity index (χ1v) is 4.38. The first-order valence-electron chi connectivity index (χ1n) is 4.38. The Labute approximate surface area is 68.7 Å². The summed E-state index contributed by atoms with van der Waals surface area (Å²) in [6.07, 6.45) is 7.59. The van der Waals surface area contributed by atoms with Gasteiger partial charge in [-0.25, -0.2) is 9.79 Å². The Morgan fingerprint density at radius 3 is 2.64 bits per heavy atom. The fraction of sp³-hybridized carbons (Fsp3) is 0.889. The summed E-state index contributed by atoms with van der Waals surface area (Å²) in [5.41, 5.74) is 0. The van der Waals surface area contributed by atoms with Crippen molar-refractivity contribution in [2.75, 3.05) is 0 Å². The van der Waals surface area contributed by atoms with Crippen LogP contribution in [0, 0.1) is 0 Å². The van der Waals surface area contributed by atoms with E-state index in [9.17, 15) is 4.79 Å². The number of nitrogens with zero attached hydrogens (tertiary/aromatic N) is 1. The monoisotopic (exact) mass is 155 g/mol. The molecule has 0 aromatic heterocycles. The molecular formula is C9H17NO. The average Bonchev–Trinajstić information content (AvgIpc) is 1.99. The van der Waals surface area contributed by atoms with E-state index < -0.39 is 0 Å². The van der Waals surface area contributed by atoms with Crippen molar-refractivity contribution in [3.63, 3.8) is 0 Å². The van der Waals surface area contributed by atoms with Gasteiger partial charge in [-0.15, -0.1) is 0 Å². The third-order valence-corrected chi connectivity index (χ3v) is 1.75. The maximum atomic E-state index is 9.81. The molecule has 0 aliphatic rings. The van der Waals surface area contributed by atoms with Gasteiger partial charge in [0.25, 0.3) is 0 Å². The van der Waals surface area contributed by atoms with Crippen molar-refractivity contribution in [2.24, 2.45) is 4.99 Å². The summed E-state index contributed by atoms with van der Waals surface area (Å²) in [4.78, 5) is 13.4. The molecule has 2 heteroatoms. The summed E-state index contributed by atoms with van der Waals surface area (Å²) in [6.45, 7) is 4.14. The Bertz CT molecular complexity index is 128. The van der Waals surface area contributed by atoms with E-state index in [-0.39, 0.29) is 6.04 Å². The van der Waals surface area contributed by atoms with Gasteiger partial charge in [-0.3, -0.25) is 0 Å². The third-order valence-electron chi connectivity index (χ3n) is 1.75. The highest BCUT2D eigenvalue weighted by atomic mass is 16.1. The molecule has 11 heavy (non-hydrogen) atoms. The van der Waals surface area contributed by atoms with Crippen LogP contribution in [-0.2, 0) is 4.79 Å². The molecule has 2 nitrogen and oxygen atoms in total. The third kappa shape index (κ3) is 7.27. The van der Waals surface area contributed by atoms with Gasteiger partial charge in [-0.2, -0.15) is 0 Å². The Morgan fingerprint density at radius 1 is 1.36 bits per heavy atom. The van der Waals surface area contributed by atoms with E-state index in [1.165, 1.54) is 25.7 Å². The van der Waals surface area contributed by atoms with Gasteiger partial charge in [0.15, 0.2) is 0 Å². The van der Waals surface area contributed by atoms with Gasteiger partial charge < -0.3 is 0 Å². The Kier molecular flexibility index (Phi) is 7.06. The summed E-state index contributed by atoms with van der Waals surface area (Å²) in [6, 6.07) is 0.171. The van der Waals surface area contributed by atoms with E-state index in [0.29, 0.717) is 0 Å². The van der Waals surface area contributed by atoms with Gasteiger partial charge in [0.05, 0.1) is 6.04 Å². The summed E-state index contributed by atoms with van der Waals surface area (Å²) < 4.78 is 0. The molecule has 0 unspecified atom stereocenters. The zero-order valence-corrected chi connectivity index (χ0v) is 7.47. The molecule has 0 amide bonds. The molecule has 1 atom stereocenters. The number of rotatable bonds is 6. The van der Waals surface area contributed by atoms with Crippen LogP contribution in [0.15, 0.2) is 4.99 Å². The molecule has 0 N–H and O–H groups in total. The fourth-order valence-electron chi connectivity index (χ4n) is 1.02. The molecule has 0 aliphatic carbocycles. The van der Waals surface area contributed by atoms with E-state index in [1.54, 1.807) is 6.08 Å². The van der Waals surface area contributed by atoms with Crippen molar-refractivity contribution < 1.29 is 4.79 Å². The Morgan fingerprint density at radius 2 is 2.09 bits per heavy atom. The number of isocyanates is 1. The molecule has 0 aliphatic heterocycles. The zero-order chi connectivity index (χ0) is 8.53. The molecule has 0 rings (SSSR count). The molecule has 0 saturated carbocycles. The van der Waals surface area contributed by atoms with Crippen molar-refractivity contribution >= 4 is 6.08 Å². The predicted molar refractivity (Wildman–Crippen MR) is 46.3 cm³/mol. The number of unbranched alkanes of at least 4 members (excludes halogenated alkanes) is 3. The first kappa shape index (κ1) is 10.4. The second-order valence-corrected chi connectivity index (χ2v) is 2.92. The standard InChI is InChI=1S/C9H17NO/c1-3-4-5-6-7-9(2)10-8-11/h9H,3-7H2,1-2H3/t9-/m0/s1. The minimum Gasteiger partial charge on any atom is -0.211 e. The van der Waals surface area contributed by atoms with E-state index in [1.807, 2.05) is 6.92 Å². The minimum absolute atomic E-state index is 0.171. The topological polar surface area (TPSA) is 29.4 Å². The highest BCUT2D eigenvalue weighted by Gasteiger charge is 1.96. The number of hydrogen-bond donors (Lipinski definition) is 0. The predicted octanol–water partition coefficient (Wildman–Crippen LogP) is 2.68. The van der Waals surface area contributed by atoms with Gasteiger partial charge >= 0.3 is 0 Å². The van der Waals surface area contributed by atoms with Crippen LogP contribution in [0.25, 0.3) is 0 Å². The van der Waals surface area contributed by atoms with Crippen molar-refractivity contribution in [3.05, 3.63) is 0 Å². The molecule has 0 aromatic carbocycles. The van der Waals surface area contributed by atoms with Crippen LogP contribution < -0.4 is 0 Å². The minimum atomic E-state index is 0.171. The van der Waals surface area contributed by atoms with Crippen LogP contribution in [0.1, 0.15) is 46.0 Å². The van der Waals surface area contributed by atoms with E-state index >= 15 is 0 Å². The zero-order valence-electron chi connectivity index (χ0n) is 7.47. The van der Waals surface area contributed by atoms with Gasteiger partial charge in [-0.05, 0) is 13.3 Å². The lowest BCUT2D eigenvalue weighted by Crippen LogP contribution is -1.96. The second kappa shape index (κ2) is 7.49. The van der Waals surface area contributed by atoms with Crippen LogP contribution in [0.2, 0.25) is 0 Å². The lowest BCUT2D eigenvalue weighted by Gasteiger charge is -2.01. The Balaban J connectivity index is 3.17. The average molecular weight is 155 g/mol. The first-order chi connectivity index (χ1) is 5.31. The number of hydrogen-bond acceptors (Lipinski definition) is 2. The lowest BCUT2D eigenvalue weighted by molar-refractivity contribution is 0.544. The lowest BCUT2D eigenvalue weighted by atomic mass is 10.1. The van der Waals surface area contributed by atoms with E-state index in [2.05, 4.69) is 11.9 Å². The van der Waals surface area contributed by atoms with Crippen LogP contribution in [0.5, 0.6) is 0 Å². The van der Waals surface area contributed by atoms with Crippen LogP contribution in [0.4, 0.5) is 0 Å². The van der Waals surface area contributed by atoms with Gasteiger partial charge in [0.1, 0.15) is 0 Å².